The van der Waals surface area contributed by atoms with E-state index in [1.165, 1.54) is 23.9 Å². The third kappa shape index (κ3) is 12.3. The van der Waals surface area contributed by atoms with Crippen molar-refractivity contribution in [3.8, 4) is 5.75 Å². The van der Waals surface area contributed by atoms with E-state index in [0.29, 0.717) is 24.3 Å². The summed E-state index contributed by atoms with van der Waals surface area (Å²) in [5.41, 5.74) is 17.1. The number of carboxylic acids is 1. The highest BCUT2D eigenvalue weighted by Crippen LogP contribution is 2.12. The van der Waals surface area contributed by atoms with E-state index in [1.807, 2.05) is 6.26 Å². The monoisotopic (exact) mass is 525 g/mol. The number of carboxylic acid groups (broad SMARTS) is 1. The normalized spacial score (nSPS) is 13.1. The standard InChI is InChI=1S/C22H35N7O6S/c1-36-10-8-16(21(34)35)28-18(31)12-27-20(33)17(11-13-4-6-14(30)7-5-13)29-19(32)15(23)3-2-9-26-22(24)25/h4-7,15-17,30H,2-3,8-12,23H2,1H3,(H,27,33)(H,28,31)(H,29,32)(H,34,35)(H4,24,25,26). The second-order valence-corrected chi connectivity index (χ2v) is 8.93. The molecule has 0 spiro atoms. The van der Waals surface area contributed by atoms with Crippen LogP contribution in [0.25, 0.3) is 0 Å². The van der Waals surface area contributed by atoms with Gasteiger partial charge in [-0.25, -0.2) is 4.79 Å². The summed E-state index contributed by atoms with van der Waals surface area (Å²) in [6.45, 7) is -0.182. The Morgan fingerprint density at radius 3 is 2.28 bits per heavy atom. The fourth-order valence-corrected chi connectivity index (χ4v) is 3.51. The minimum absolute atomic E-state index is 0.0395. The molecule has 0 heterocycles. The first-order valence-electron chi connectivity index (χ1n) is 11.2. The summed E-state index contributed by atoms with van der Waals surface area (Å²) in [4.78, 5) is 52.8. The third-order valence-electron chi connectivity index (χ3n) is 4.98. The van der Waals surface area contributed by atoms with Gasteiger partial charge in [0.1, 0.15) is 17.8 Å². The largest absolute Gasteiger partial charge is 0.508 e. The Morgan fingerprint density at radius 2 is 1.69 bits per heavy atom. The first-order valence-corrected chi connectivity index (χ1v) is 12.6. The van der Waals surface area contributed by atoms with Crippen LogP contribution in [0.4, 0.5) is 0 Å². The number of phenols is 1. The molecule has 0 aliphatic carbocycles. The van der Waals surface area contributed by atoms with E-state index >= 15 is 0 Å². The van der Waals surface area contributed by atoms with Crippen molar-refractivity contribution < 1.29 is 29.4 Å². The summed E-state index contributed by atoms with van der Waals surface area (Å²) in [6.07, 6.45) is 2.83. The number of carbonyl (C=O) groups is 4. The van der Waals surface area contributed by atoms with E-state index in [9.17, 15) is 29.4 Å². The van der Waals surface area contributed by atoms with Crippen molar-refractivity contribution in [1.82, 2.24) is 16.0 Å². The van der Waals surface area contributed by atoms with Gasteiger partial charge < -0.3 is 43.4 Å². The molecule has 200 valence electrons. The average molecular weight is 526 g/mol. The van der Waals surface area contributed by atoms with Gasteiger partial charge in [0.05, 0.1) is 12.6 Å². The summed E-state index contributed by atoms with van der Waals surface area (Å²) in [5, 5.41) is 26.1. The zero-order valence-electron chi connectivity index (χ0n) is 20.1. The van der Waals surface area contributed by atoms with Crippen LogP contribution in [-0.2, 0) is 25.6 Å². The second kappa shape index (κ2) is 16.2. The lowest BCUT2D eigenvalue weighted by atomic mass is 10.0. The Morgan fingerprint density at radius 1 is 1.03 bits per heavy atom. The quantitative estimate of drug-likeness (QED) is 0.0687. The number of benzene rings is 1. The zero-order chi connectivity index (χ0) is 27.1. The zero-order valence-corrected chi connectivity index (χ0v) is 20.9. The molecule has 13 nitrogen and oxygen atoms in total. The van der Waals surface area contributed by atoms with Gasteiger partial charge in [-0.2, -0.15) is 11.8 Å². The molecule has 14 heteroatoms. The van der Waals surface area contributed by atoms with Gasteiger partial charge in [0.15, 0.2) is 5.96 Å². The van der Waals surface area contributed by atoms with Gasteiger partial charge in [-0.05, 0) is 49.0 Å². The van der Waals surface area contributed by atoms with Crippen molar-refractivity contribution in [3.05, 3.63) is 29.8 Å². The van der Waals surface area contributed by atoms with Crippen LogP contribution in [0.15, 0.2) is 29.3 Å². The van der Waals surface area contributed by atoms with Crippen LogP contribution in [0, 0.1) is 0 Å². The molecule has 0 radical (unpaired) electrons. The Labute approximate surface area is 213 Å². The third-order valence-corrected chi connectivity index (χ3v) is 5.62. The smallest absolute Gasteiger partial charge is 0.326 e. The van der Waals surface area contributed by atoms with Crippen LogP contribution < -0.4 is 33.2 Å². The number of aliphatic imine (C=N–C) groups is 1. The number of carbonyl (C=O) groups excluding carboxylic acids is 3. The molecule has 0 aliphatic rings. The predicted molar refractivity (Wildman–Crippen MR) is 137 cm³/mol. The number of rotatable bonds is 16. The molecule has 0 bridgehead atoms. The van der Waals surface area contributed by atoms with Crippen LogP contribution in [0.2, 0.25) is 0 Å². The lowest BCUT2D eigenvalue weighted by molar-refractivity contribution is -0.141. The van der Waals surface area contributed by atoms with Crippen molar-refractivity contribution in [2.45, 2.75) is 43.8 Å². The number of nitrogens with one attached hydrogen (secondary N) is 3. The number of hydrogen-bond acceptors (Lipinski definition) is 8. The molecular formula is C22H35N7O6S. The van der Waals surface area contributed by atoms with Gasteiger partial charge >= 0.3 is 5.97 Å². The summed E-state index contributed by atoms with van der Waals surface area (Å²) >= 11 is 1.45. The fourth-order valence-electron chi connectivity index (χ4n) is 3.04. The number of nitrogens with two attached hydrogens (primary N) is 3. The molecule has 11 N–H and O–H groups in total. The van der Waals surface area contributed by atoms with Gasteiger partial charge in [-0.1, -0.05) is 12.1 Å². The van der Waals surface area contributed by atoms with Gasteiger partial charge in [0, 0.05) is 13.0 Å². The molecule has 3 unspecified atom stereocenters. The van der Waals surface area contributed by atoms with Crippen LogP contribution in [0.1, 0.15) is 24.8 Å². The van der Waals surface area contributed by atoms with Crippen LogP contribution in [-0.4, -0.2) is 83.1 Å². The molecule has 1 aromatic carbocycles. The molecule has 1 aromatic rings. The number of hydrogen-bond donors (Lipinski definition) is 8. The first-order chi connectivity index (χ1) is 17.0. The minimum atomic E-state index is -1.17. The molecule has 1 rings (SSSR count). The highest BCUT2D eigenvalue weighted by molar-refractivity contribution is 7.98. The van der Waals surface area contributed by atoms with E-state index in [4.69, 9.17) is 17.2 Å². The topological polar surface area (TPSA) is 235 Å². The van der Waals surface area contributed by atoms with Crippen molar-refractivity contribution >= 4 is 41.4 Å². The van der Waals surface area contributed by atoms with Gasteiger partial charge in [0.25, 0.3) is 0 Å². The maximum absolute atomic E-state index is 12.8. The Balaban J connectivity index is 2.79. The molecule has 0 saturated heterocycles. The Kier molecular flexibility index (Phi) is 13.7. The lowest BCUT2D eigenvalue weighted by Crippen LogP contribution is -2.54. The number of phenolic OH excluding ortho intramolecular Hbond substituents is 1. The highest BCUT2D eigenvalue weighted by atomic mass is 32.2. The van der Waals surface area contributed by atoms with Crippen molar-refractivity contribution in [3.63, 3.8) is 0 Å². The van der Waals surface area contributed by atoms with Crippen molar-refractivity contribution in [2.24, 2.45) is 22.2 Å². The SMILES string of the molecule is CSCCC(NC(=O)CNC(=O)C(Cc1ccc(O)cc1)NC(=O)C(N)CCCN=C(N)N)C(=O)O. The molecule has 3 atom stereocenters. The van der Waals surface area contributed by atoms with Crippen molar-refractivity contribution in [2.75, 3.05) is 25.1 Å². The maximum Gasteiger partial charge on any atom is 0.326 e. The molecule has 0 saturated carbocycles. The molecular weight excluding hydrogens is 490 g/mol. The number of thioether (sulfide) groups is 1. The molecule has 36 heavy (non-hydrogen) atoms. The number of aromatic hydroxyl groups is 1. The van der Waals surface area contributed by atoms with Crippen LogP contribution >= 0.6 is 11.8 Å². The predicted octanol–water partition coefficient (Wildman–Crippen LogP) is -1.76. The highest BCUT2D eigenvalue weighted by Gasteiger charge is 2.25. The maximum atomic E-state index is 12.8. The van der Waals surface area contributed by atoms with E-state index in [-0.39, 0.29) is 31.0 Å². The molecule has 0 fully saturated rings. The van der Waals surface area contributed by atoms with Gasteiger partial charge in [-0.3, -0.25) is 19.4 Å². The van der Waals surface area contributed by atoms with E-state index < -0.39 is 48.4 Å². The minimum Gasteiger partial charge on any atom is -0.508 e. The molecule has 3 amide bonds. The van der Waals surface area contributed by atoms with E-state index in [0.717, 1.165) is 0 Å². The summed E-state index contributed by atoms with van der Waals surface area (Å²) in [7, 11) is 0. The van der Waals surface area contributed by atoms with E-state index in [1.54, 1.807) is 12.1 Å². The Hall–Kier alpha value is -3.52. The summed E-state index contributed by atoms with van der Waals surface area (Å²) in [5.74, 6) is -2.57. The fraction of sp³-hybridized carbons (Fsp3) is 0.500. The molecule has 0 aliphatic heterocycles. The number of nitrogens with zero attached hydrogens (tertiary/aromatic N) is 1. The second-order valence-electron chi connectivity index (χ2n) is 7.94. The van der Waals surface area contributed by atoms with Crippen molar-refractivity contribution in [1.29, 1.82) is 0 Å². The van der Waals surface area contributed by atoms with Crippen LogP contribution in [0.5, 0.6) is 5.75 Å². The number of aliphatic carboxylic acids is 1. The van der Waals surface area contributed by atoms with E-state index in [2.05, 4.69) is 20.9 Å². The number of guanidine groups is 1. The first kappa shape index (κ1) is 30.5. The Bertz CT molecular complexity index is 909. The van der Waals surface area contributed by atoms with Gasteiger partial charge in [0.2, 0.25) is 17.7 Å². The lowest BCUT2D eigenvalue weighted by Gasteiger charge is -2.21. The summed E-state index contributed by atoms with van der Waals surface area (Å²) in [6, 6.07) is 2.98. The van der Waals surface area contributed by atoms with Crippen LogP contribution in [0.3, 0.4) is 0 Å². The van der Waals surface area contributed by atoms with Gasteiger partial charge in [-0.15, -0.1) is 0 Å². The number of amides is 3. The average Bonchev–Trinajstić information content (AvgIpc) is 2.83. The molecule has 0 aromatic heterocycles. The summed E-state index contributed by atoms with van der Waals surface area (Å²) < 4.78 is 0.